The lowest BCUT2D eigenvalue weighted by atomic mass is 9.65. The third kappa shape index (κ3) is 5.35. The smallest absolute Gasteiger partial charge is 0.140 e. The Kier molecular flexibility index (Phi) is 8.44. The molecule has 0 unspecified atom stereocenters. The van der Waals surface area contributed by atoms with E-state index in [4.69, 9.17) is 4.74 Å². The van der Waals surface area contributed by atoms with Crippen molar-refractivity contribution in [1.29, 1.82) is 0 Å². The largest absolute Gasteiger partial charge is 0.455 e. The van der Waals surface area contributed by atoms with Crippen LogP contribution in [0.5, 0.6) is 11.5 Å². The molecule has 0 radical (unpaired) electrons. The molecule has 0 saturated heterocycles. The van der Waals surface area contributed by atoms with Crippen molar-refractivity contribution in [1.82, 2.24) is 0 Å². The summed E-state index contributed by atoms with van der Waals surface area (Å²) < 4.78 is 7.22. The molecule has 0 atom stereocenters. The highest BCUT2D eigenvalue weighted by atomic mass is 16.5. The lowest BCUT2D eigenvalue weighted by molar-refractivity contribution is 0.447. The normalized spacial score (nSPS) is 14.1. The van der Waals surface area contributed by atoms with E-state index in [2.05, 4.69) is 278 Å². The van der Waals surface area contributed by atoms with Crippen LogP contribution in [0.3, 0.4) is 0 Å². The minimum absolute atomic E-state index is 0.438. The zero-order valence-corrected chi connectivity index (χ0v) is 41.3. The lowest BCUT2D eigenvalue weighted by Crippen LogP contribution is -2.32. The zero-order chi connectivity index (χ0) is 49.7. The Bertz CT molecular complexity index is 4510. The van der Waals surface area contributed by atoms with Crippen LogP contribution in [0.2, 0.25) is 0 Å². The second-order valence-electron chi connectivity index (χ2n) is 21.0. The third-order valence-electron chi connectivity index (χ3n) is 17.5. The Morgan fingerprint density at radius 2 is 0.724 bits per heavy atom. The van der Waals surface area contributed by atoms with Gasteiger partial charge in [-0.05, 0) is 136 Å². The number of rotatable bonds is 4. The van der Waals surface area contributed by atoms with Crippen molar-refractivity contribution in [3.05, 3.63) is 317 Å². The molecule has 0 bridgehead atoms. The number of ether oxygens (including phenoxy) is 1. The van der Waals surface area contributed by atoms with Crippen LogP contribution in [0.4, 0.5) is 17.1 Å². The van der Waals surface area contributed by atoms with Crippen LogP contribution in [-0.2, 0) is 10.8 Å². The standard InChI is InChI=1S/C74H45NO/c1-2-19-52(20-3-1)75(69-32-16-31-66-70(69)59-26-11-15-30-64(59)73(66)61-27-12-8-23-56(61)57-24-9-13-28-62(57)73)53-39-35-46-33-34-49(43-51(46)44-53)50-38-40-65-60(45-50)58-25-10-14-29-63(58)74(65)67-41-36-47-17-4-6-21-54(47)71(67)76-72-55-22-7-5-18-48(55)37-42-68(72)74/h1-45H. The van der Waals surface area contributed by atoms with Gasteiger partial charge in [-0.3, -0.25) is 0 Å². The summed E-state index contributed by atoms with van der Waals surface area (Å²) in [6, 6.07) is 102. The van der Waals surface area contributed by atoms with Gasteiger partial charge in [-0.25, -0.2) is 0 Å². The first kappa shape index (κ1) is 41.7. The van der Waals surface area contributed by atoms with E-state index in [-0.39, 0.29) is 0 Å². The van der Waals surface area contributed by atoms with Crippen molar-refractivity contribution in [2.24, 2.45) is 0 Å². The molecule has 2 nitrogen and oxygen atoms in total. The lowest BCUT2D eigenvalue weighted by Gasteiger charge is -2.40. The molecular formula is C74H45NO. The van der Waals surface area contributed by atoms with Gasteiger partial charge >= 0.3 is 0 Å². The number of benzene rings is 13. The molecule has 0 amide bonds. The minimum Gasteiger partial charge on any atom is -0.455 e. The molecule has 4 aliphatic rings. The molecule has 2 heteroatoms. The fraction of sp³-hybridized carbons (Fsp3) is 0.0270. The average molecular weight is 964 g/mol. The van der Waals surface area contributed by atoms with E-state index in [0.29, 0.717) is 0 Å². The van der Waals surface area contributed by atoms with Gasteiger partial charge in [-0.1, -0.05) is 231 Å². The van der Waals surface area contributed by atoms with Crippen molar-refractivity contribution in [3.63, 3.8) is 0 Å². The second-order valence-corrected chi connectivity index (χ2v) is 21.0. The number of hydrogen-bond donors (Lipinski definition) is 0. The average Bonchev–Trinajstić information content (AvgIpc) is 4.24. The predicted octanol–water partition coefficient (Wildman–Crippen LogP) is 19.1. The van der Waals surface area contributed by atoms with E-state index in [1.54, 1.807) is 0 Å². The van der Waals surface area contributed by atoms with E-state index in [1.165, 1.54) is 111 Å². The topological polar surface area (TPSA) is 12.5 Å². The SMILES string of the molecule is c1ccc(N(c2ccc3ccc(-c4ccc5c(c4)-c4ccccc4C54c5ccc6ccccc6c5Oc5c4ccc4ccccc54)cc3c2)c2cccc3c2-c2ccccc2C32c3ccccc3-c3ccccc32)cc1. The summed E-state index contributed by atoms with van der Waals surface area (Å²) in [5.41, 5.74) is 22.6. The predicted molar refractivity (Wildman–Crippen MR) is 313 cm³/mol. The molecule has 76 heavy (non-hydrogen) atoms. The van der Waals surface area contributed by atoms with Crippen LogP contribution in [0.1, 0.15) is 44.5 Å². The number of nitrogens with zero attached hydrogens (tertiary/aromatic N) is 1. The Hall–Kier alpha value is -9.76. The molecular weight excluding hydrogens is 919 g/mol. The summed E-state index contributed by atoms with van der Waals surface area (Å²) in [6.45, 7) is 0. The molecule has 0 aromatic heterocycles. The Morgan fingerprint density at radius 3 is 1.38 bits per heavy atom. The van der Waals surface area contributed by atoms with Gasteiger partial charge in [0.25, 0.3) is 0 Å². The third-order valence-corrected chi connectivity index (χ3v) is 17.5. The summed E-state index contributed by atoms with van der Waals surface area (Å²) in [4.78, 5) is 2.48. The van der Waals surface area contributed by atoms with Crippen molar-refractivity contribution in [2.75, 3.05) is 4.90 Å². The molecule has 3 aliphatic carbocycles. The van der Waals surface area contributed by atoms with Gasteiger partial charge in [0.2, 0.25) is 0 Å². The van der Waals surface area contributed by atoms with Gasteiger partial charge in [0.05, 0.1) is 16.5 Å². The van der Waals surface area contributed by atoms with E-state index >= 15 is 0 Å². The van der Waals surface area contributed by atoms with Crippen LogP contribution < -0.4 is 9.64 Å². The maximum atomic E-state index is 7.22. The molecule has 17 rings (SSSR count). The quantitative estimate of drug-likeness (QED) is 0.174. The summed E-state index contributed by atoms with van der Waals surface area (Å²) in [5.74, 6) is 1.86. The van der Waals surface area contributed by atoms with Gasteiger partial charge in [-0.15, -0.1) is 0 Å². The van der Waals surface area contributed by atoms with Crippen molar-refractivity contribution in [2.45, 2.75) is 10.8 Å². The first-order valence-electron chi connectivity index (χ1n) is 26.5. The van der Waals surface area contributed by atoms with Crippen LogP contribution >= 0.6 is 0 Å². The number of fused-ring (bicyclic) bond motifs is 24. The molecule has 0 saturated carbocycles. The first-order chi connectivity index (χ1) is 37.7. The molecule has 2 spiro atoms. The summed E-state index contributed by atoms with van der Waals surface area (Å²) in [6.07, 6.45) is 0. The molecule has 1 heterocycles. The highest BCUT2D eigenvalue weighted by molar-refractivity contribution is 6.04. The fourth-order valence-electron chi connectivity index (χ4n) is 14.5. The second kappa shape index (κ2) is 15.4. The highest BCUT2D eigenvalue weighted by Gasteiger charge is 2.54. The highest BCUT2D eigenvalue weighted by Crippen LogP contribution is 2.66. The van der Waals surface area contributed by atoms with Crippen molar-refractivity contribution in [3.8, 4) is 56.0 Å². The summed E-state index contributed by atoms with van der Waals surface area (Å²) >= 11 is 0. The van der Waals surface area contributed by atoms with Gasteiger partial charge in [0, 0.05) is 38.8 Å². The maximum absolute atomic E-state index is 7.22. The molecule has 13 aromatic rings. The maximum Gasteiger partial charge on any atom is 0.140 e. The van der Waals surface area contributed by atoms with Crippen LogP contribution in [0, 0.1) is 0 Å². The summed E-state index contributed by atoms with van der Waals surface area (Å²) in [7, 11) is 0. The Balaban J connectivity index is 0.841. The van der Waals surface area contributed by atoms with Crippen LogP contribution in [-0.4, -0.2) is 0 Å². The molecule has 13 aromatic carbocycles. The van der Waals surface area contributed by atoms with Crippen molar-refractivity contribution < 1.29 is 4.74 Å². The monoisotopic (exact) mass is 963 g/mol. The Labute approximate surface area is 441 Å². The van der Waals surface area contributed by atoms with Crippen LogP contribution in [0.25, 0.3) is 76.8 Å². The number of anilines is 3. The van der Waals surface area contributed by atoms with Crippen LogP contribution in [0.15, 0.2) is 273 Å². The summed E-state index contributed by atoms with van der Waals surface area (Å²) in [5, 5.41) is 6.96. The van der Waals surface area contributed by atoms with Gasteiger partial charge in [0.1, 0.15) is 11.5 Å². The molecule has 0 fully saturated rings. The molecule has 352 valence electrons. The van der Waals surface area contributed by atoms with E-state index < -0.39 is 10.8 Å². The molecule has 1 aliphatic heterocycles. The van der Waals surface area contributed by atoms with E-state index in [1.807, 2.05) is 0 Å². The number of hydrogen-bond acceptors (Lipinski definition) is 2. The van der Waals surface area contributed by atoms with Gasteiger partial charge < -0.3 is 9.64 Å². The van der Waals surface area contributed by atoms with Gasteiger partial charge in [-0.2, -0.15) is 0 Å². The number of para-hydroxylation sites is 1. The van der Waals surface area contributed by atoms with Gasteiger partial charge in [0.15, 0.2) is 0 Å². The van der Waals surface area contributed by atoms with E-state index in [0.717, 1.165) is 39.3 Å². The van der Waals surface area contributed by atoms with Crippen molar-refractivity contribution >= 4 is 49.4 Å². The fourth-order valence-corrected chi connectivity index (χ4v) is 14.5. The minimum atomic E-state index is -0.594. The van der Waals surface area contributed by atoms with E-state index in [9.17, 15) is 0 Å². The first-order valence-corrected chi connectivity index (χ1v) is 26.5. The Morgan fingerprint density at radius 1 is 0.263 bits per heavy atom. The molecule has 0 N–H and O–H groups in total. The zero-order valence-electron chi connectivity index (χ0n) is 41.3.